The van der Waals surface area contributed by atoms with Crippen LogP contribution in [0.15, 0.2) is 54.6 Å². The Morgan fingerprint density at radius 1 is 1.00 bits per heavy atom. The maximum absolute atomic E-state index is 12.3. The van der Waals surface area contributed by atoms with Crippen molar-refractivity contribution >= 4 is 11.7 Å². The number of carbonyl (C=O) groups is 1. The highest BCUT2D eigenvalue weighted by Gasteiger charge is 2.24. The van der Waals surface area contributed by atoms with Gasteiger partial charge < -0.3 is 15.5 Å². The molecule has 1 aliphatic heterocycles. The molecule has 2 aromatic carbocycles. The normalized spacial score (nSPS) is 15.2. The van der Waals surface area contributed by atoms with E-state index >= 15 is 0 Å². The number of carbonyl (C=O) groups excluding carboxylic acids is 1. The molecule has 0 saturated carbocycles. The van der Waals surface area contributed by atoms with Crippen LogP contribution in [-0.2, 0) is 6.42 Å². The van der Waals surface area contributed by atoms with Crippen LogP contribution in [0.4, 0.5) is 10.5 Å². The summed E-state index contributed by atoms with van der Waals surface area (Å²) in [6.07, 6.45) is 3.31. The summed E-state index contributed by atoms with van der Waals surface area (Å²) in [5.41, 5.74) is 3.69. The predicted octanol–water partition coefficient (Wildman–Crippen LogP) is 3.43. The fraction of sp³-hybridized carbons (Fsp3) is 0.435. The standard InChI is InChI=1S/C23H32N4O/c1-26(2)21-12-10-20(11-13-21)22(27-16-6-7-17-27)18-25-23(28)24-15-14-19-8-4-3-5-9-19/h3-5,8-13,22H,6-7,14-18H2,1-2H3,(H2,24,25,28). The highest BCUT2D eigenvalue weighted by molar-refractivity contribution is 5.73. The van der Waals surface area contributed by atoms with E-state index in [1.165, 1.54) is 29.7 Å². The quantitative estimate of drug-likeness (QED) is 0.738. The van der Waals surface area contributed by atoms with Crippen molar-refractivity contribution in [2.24, 2.45) is 0 Å². The van der Waals surface area contributed by atoms with E-state index in [1.54, 1.807) is 0 Å². The highest BCUT2D eigenvalue weighted by atomic mass is 16.2. The molecular formula is C23H32N4O. The number of anilines is 1. The molecule has 1 fully saturated rings. The lowest BCUT2D eigenvalue weighted by Crippen LogP contribution is -2.42. The number of hydrogen-bond donors (Lipinski definition) is 2. The number of urea groups is 1. The minimum absolute atomic E-state index is 0.0926. The second-order valence-corrected chi connectivity index (χ2v) is 7.62. The average Bonchev–Trinajstić information content (AvgIpc) is 3.24. The molecule has 2 aromatic rings. The Hall–Kier alpha value is -2.53. The van der Waals surface area contributed by atoms with Crippen LogP contribution in [0.2, 0.25) is 0 Å². The van der Waals surface area contributed by atoms with Crippen molar-refractivity contribution in [2.45, 2.75) is 25.3 Å². The Kier molecular flexibility index (Phi) is 7.31. The molecule has 0 aliphatic carbocycles. The summed E-state index contributed by atoms with van der Waals surface area (Å²) in [4.78, 5) is 16.9. The lowest BCUT2D eigenvalue weighted by molar-refractivity contribution is 0.221. The van der Waals surface area contributed by atoms with Crippen LogP contribution in [-0.4, -0.2) is 51.2 Å². The number of nitrogens with zero attached hydrogens (tertiary/aromatic N) is 2. The van der Waals surface area contributed by atoms with Gasteiger partial charge in [0.25, 0.3) is 0 Å². The SMILES string of the molecule is CN(C)c1ccc(C(CNC(=O)NCCc2ccccc2)N2CCCC2)cc1. The molecule has 0 spiro atoms. The Labute approximate surface area is 168 Å². The Morgan fingerprint density at radius 3 is 2.32 bits per heavy atom. The predicted molar refractivity (Wildman–Crippen MR) is 116 cm³/mol. The second-order valence-electron chi connectivity index (χ2n) is 7.62. The van der Waals surface area contributed by atoms with Gasteiger partial charge in [-0.2, -0.15) is 0 Å². The van der Waals surface area contributed by atoms with E-state index in [-0.39, 0.29) is 12.1 Å². The van der Waals surface area contributed by atoms with E-state index in [9.17, 15) is 4.79 Å². The number of amides is 2. The van der Waals surface area contributed by atoms with Gasteiger partial charge in [0.1, 0.15) is 0 Å². The summed E-state index contributed by atoms with van der Waals surface area (Å²) in [5.74, 6) is 0. The lowest BCUT2D eigenvalue weighted by Gasteiger charge is -2.28. The maximum Gasteiger partial charge on any atom is 0.314 e. The zero-order chi connectivity index (χ0) is 19.8. The monoisotopic (exact) mass is 380 g/mol. The minimum Gasteiger partial charge on any atom is -0.378 e. The molecule has 28 heavy (non-hydrogen) atoms. The summed E-state index contributed by atoms with van der Waals surface area (Å²) < 4.78 is 0. The number of hydrogen-bond acceptors (Lipinski definition) is 3. The van der Waals surface area contributed by atoms with Crippen LogP contribution in [0.25, 0.3) is 0 Å². The van der Waals surface area contributed by atoms with E-state index < -0.39 is 0 Å². The third kappa shape index (κ3) is 5.73. The Balaban J connectivity index is 1.53. The van der Waals surface area contributed by atoms with Gasteiger partial charge in [-0.15, -0.1) is 0 Å². The molecule has 1 saturated heterocycles. The summed E-state index contributed by atoms with van der Waals surface area (Å²) in [5, 5.41) is 6.06. The van der Waals surface area contributed by atoms with Crippen molar-refractivity contribution in [3.05, 3.63) is 65.7 Å². The summed E-state index contributed by atoms with van der Waals surface area (Å²) in [6, 6.07) is 19.0. The van der Waals surface area contributed by atoms with Crippen LogP contribution < -0.4 is 15.5 Å². The van der Waals surface area contributed by atoms with Gasteiger partial charge >= 0.3 is 6.03 Å². The number of benzene rings is 2. The van der Waals surface area contributed by atoms with Crippen LogP contribution in [0.5, 0.6) is 0 Å². The molecule has 0 bridgehead atoms. The van der Waals surface area contributed by atoms with Crippen molar-refractivity contribution in [2.75, 3.05) is 45.2 Å². The Morgan fingerprint density at radius 2 is 1.68 bits per heavy atom. The van der Waals surface area contributed by atoms with Crippen molar-refractivity contribution in [3.63, 3.8) is 0 Å². The van der Waals surface area contributed by atoms with Gasteiger partial charge in [0.15, 0.2) is 0 Å². The first-order valence-corrected chi connectivity index (χ1v) is 10.2. The molecule has 3 rings (SSSR count). The average molecular weight is 381 g/mol. The van der Waals surface area contributed by atoms with Gasteiger partial charge in [-0.1, -0.05) is 42.5 Å². The van der Waals surface area contributed by atoms with Crippen LogP contribution in [0.3, 0.4) is 0 Å². The molecule has 2 N–H and O–H groups in total. The summed E-state index contributed by atoms with van der Waals surface area (Å²) >= 11 is 0. The number of likely N-dealkylation sites (tertiary alicyclic amines) is 1. The van der Waals surface area contributed by atoms with Crippen molar-refractivity contribution in [1.82, 2.24) is 15.5 Å². The van der Waals surface area contributed by atoms with E-state index in [1.807, 2.05) is 32.3 Å². The van der Waals surface area contributed by atoms with Crippen molar-refractivity contribution < 1.29 is 4.79 Å². The largest absolute Gasteiger partial charge is 0.378 e. The third-order valence-corrected chi connectivity index (χ3v) is 5.37. The van der Waals surface area contributed by atoms with E-state index in [0.29, 0.717) is 13.1 Å². The van der Waals surface area contributed by atoms with E-state index in [2.05, 4.69) is 56.8 Å². The topological polar surface area (TPSA) is 47.6 Å². The lowest BCUT2D eigenvalue weighted by atomic mass is 10.0. The molecule has 1 aliphatic rings. The van der Waals surface area contributed by atoms with Gasteiger partial charge in [-0.25, -0.2) is 4.79 Å². The van der Waals surface area contributed by atoms with Gasteiger partial charge in [0.2, 0.25) is 0 Å². The van der Waals surface area contributed by atoms with Gasteiger partial charge in [-0.3, -0.25) is 4.90 Å². The number of nitrogens with one attached hydrogen (secondary N) is 2. The van der Waals surface area contributed by atoms with Crippen LogP contribution in [0.1, 0.15) is 30.0 Å². The summed E-state index contributed by atoms with van der Waals surface area (Å²) in [6.45, 7) is 3.45. The molecule has 1 heterocycles. The highest BCUT2D eigenvalue weighted by Crippen LogP contribution is 2.26. The first-order chi connectivity index (χ1) is 13.6. The maximum atomic E-state index is 12.3. The first-order valence-electron chi connectivity index (χ1n) is 10.2. The van der Waals surface area contributed by atoms with E-state index in [0.717, 1.165) is 19.5 Å². The van der Waals surface area contributed by atoms with Gasteiger partial charge in [-0.05, 0) is 55.6 Å². The smallest absolute Gasteiger partial charge is 0.314 e. The van der Waals surface area contributed by atoms with Gasteiger partial charge in [0.05, 0.1) is 6.04 Å². The first kappa shape index (κ1) is 20.2. The minimum atomic E-state index is -0.0926. The van der Waals surface area contributed by atoms with Crippen LogP contribution in [0, 0.1) is 0 Å². The Bertz CT molecular complexity index is 724. The van der Waals surface area contributed by atoms with Crippen molar-refractivity contribution in [3.8, 4) is 0 Å². The third-order valence-electron chi connectivity index (χ3n) is 5.37. The van der Waals surface area contributed by atoms with E-state index in [4.69, 9.17) is 0 Å². The zero-order valence-electron chi connectivity index (χ0n) is 17.0. The molecule has 1 atom stereocenters. The fourth-order valence-electron chi connectivity index (χ4n) is 3.72. The van der Waals surface area contributed by atoms with Crippen LogP contribution >= 0.6 is 0 Å². The zero-order valence-corrected chi connectivity index (χ0v) is 17.0. The molecular weight excluding hydrogens is 348 g/mol. The number of rotatable bonds is 8. The molecule has 5 heteroatoms. The molecule has 5 nitrogen and oxygen atoms in total. The molecule has 0 radical (unpaired) electrons. The summed E-state index contributed by atoms with van der Waals surface area (Å²) in [7, 11) is 4.10. The molecule has 1 unspecified atom stereocenters. The molecule has 150 valence electrons. The molecule has 0 aromatic heterocycles. The van der Waals surface area contributed by atoms with Gasteiger partial charge in [0, 0.05) is 32.9 Å². The second kappa shape index (κ2) is 10.1. The van der Waals surface area contributed by atoms with Crippen molar-refractivity contribution in [1.29, 1.82) is 0 Å². The fourth-order valence-corrected chi connectivity index (χ4v) is 3.72. The molecule has 2 amide bonds.